The van der Waals surface area contributed by atoms with Gasteiger partial charge < -0.3 is 5.32 Å². The third-order valence-electron chi connectivity index (χ3n) is 2.28. The summed E-state index contributed by atoms with van der Waals surface area (Å²) in [6.45, 7) is 0. The van der Waals surface area contributed by atoms with Crippen LogP contribution in [0.4, 0.5) is 26.0 Å². The summed E-state index contributed by atoms with van der Waals surface area (Å²) in [5, 5.41) is 13.2. The average Bonchev–Trinajstić information content (AvgIpc) is 2.34. The van der Waals surface area contributed by atoms with Crippen LogP contribution in [0.2, 0.25) is 0 Å². The molecule has 2 rings (SSSR count). The molecule has 0 saturated carbocycles. The molecule has 0 amide bonds. The Morgan fingerprint density at radius 1 is 1.15 bits per heavy atom. The molecule has 0 radical (unpaired) electrons. The molecule has 2 aromatic rings. The Bertz CT molecular complexity index is 674. The number of anilines is 2. The predicted molar refractivity (Wildman–Crippen MR) is 75.9 cm³/mol. The number of pyridine rings is 1. The Hall–Kier alpha value is -1.61. The van der Waals surface area contributed by atoms with Crippen LogP contribution in [0.25, 0.3) is 0 Å². The molecule has 0 aliphatic carbocycles. The lowest BCUT2D eigenvalue weighted by atomic mass is 10.3. The lowest BCUT2D eigenvalue weighted by Gasteiger charge is -2.09. The maximum absolute atomic E-state index is 13.7. The van der Waals surface area contributed by atoms with E-state index in [1.165, 1.54) is 12.3 Å². The molecule has 1 heterocycles. The van der Waals surface area contributed by atoms with Crippen molar-refractivity contribution >= 4 is 49.1 Å². The molecule has 0 unspecified atom stereocenters. The summed E-state index contributed by atoms with van der Waals surface area (Å²) in [7, 11) is 0. The van der Waals surface area contributed by atoms with Gasteiger partial charge in [0, 0.05) is 21.2 Å². The number of nitrogens with zero attached hydrogens (tertiary/aromatic N) is 2. The largest absolute Gasteiger partial charge is 0.330 e. The molecule has 0 spiro atoms. The Kier molecular flexibility index (Phi) is 4.29. The van der Waals surface area contributed by atoms with Crippen molar-refractivity contribution < 1.29 is 13.7 Å². The molecule has 0 saturated heterocycles. The van der Waals surface area contributed by atoms with Crippen LogP contribution >= 0.6 is 31.9 Å². The fraction of sp³-hybridized carbons (Fsp3) is 0. The van der Waals surface area contributed by atoms with E-state index in [4.69, 9.17) is 0 Å². The fourth-order valence-electron chi connectivity index (χ4n) is 1.44. The van der Waals surface area contributed by atoms with E-state index in [1.807, 2.05) is 0 Å². The van der Waals surface area contributed by atoms with Crippen molar-refractivity contribution in [2.45, 2.75) is 0 Å². The summed E-state index contributed by atoms with van der Waals surface area (Å²) in [6, 6.07) is 3.26. The first-order chi connectivity index (χ1) is 9.38. The molecule has 0 aliphatic heterocycles. The standard InChI is InChI=1S/C11H5Br2F2N3O2/c12-5-1-7(14)10(8(15)2-5)17-11-9(18(19)20)3-6(13)4-16-11/h1-4H,(H,16,17). The van der Waals surface area contributed by atoms with Gasteiger partial charge in [-0.1, -0.05) is 15.9 Å². The van der Waals surface area contributed by atoms with Gasteiger partial charge in [-0.25, -0.2) is 13.8 Å². The molecule has 1 aromatic carbocycles. The van der Waals surface area contributed by atoms with Crippen LogP contribution in [0.1, 0.15) is 0 Å². The zero-order valence-electron chi connectivity index (χ0n) is 9.53. The molecule has 0 bridgehead atoms. The number of rotatable bonds is 3. The summed E-state index contributed by atoms with van der Waals surface area (Å²) in [6.07, 6.45) is 1.28. The molecule has 0 atom stereocenters. The SMILES string of the molecule is O=[N+]([O-])c1cc(Br)cnc1Nc1c(F)cc(Br)cc1F. The first-order valence-corrected chi connectivity index (χ1v) is 6.68. The average molecular weight is 409 g/mol. The zero-order chi connectivity index (χ0) is 14.9. The van der Waals surface area contributed by atoms with Crippen molar-refractivity contribution in [3.63, 3.8) is 0 Å². The molecule has 5 nitrogen and oxygen atoms in total. The minimum absolute atomic E-state index is 0.219. The highest BCUT2D eigenvalue weighted by Gasteiger charge is 2.19. The minimum Gasteiger partial charge on any atom is -0.330 e. The van der Waals surface area contributed by atoms with Crippen LogP contribution in [-0.2, 0) is 0 Å². The van der Waals surface area contributed by atoms with Gasteiger partial charge in [0.15, 0.2) is 11.6 Å². The summed E-state index contributed by atoms with van der Waals surface area (Å²) in [5.74, 6) is -2.04. The highest BCUT2D eigenvalue weighted by atomic mass is 79.9. The van der Waals surface area contributed by atoms with E-state index in [1.54, 1.807) is 0 Å². The Morgan fingerprint density at radius 2 is 1.75 bits per heavy atom. The zero-order valence-corrected chi connectivity index (χ0v) is 12.7. The number of hydrogen-bond donors (Lipinski definition) is 1. The van der Waals surface area contributed by atoms with E-state index in [0.29, 0.717) is 4.47 Å². The molecule has 0 aliphatic rings. The first-order valence-electron chi connectivity index (χ1n) is 5.10. The van der Waals surface area contributed by atoms with Crippen LogP contribution in [0.15, 0.2) is 33.3 Å². The Labute approximate surface area is 128 Å². The number of benzene rings is 1. The fourth-order valence-corrected chi connectivity index (χ4v) is 2.17. The summed E-state index contributed by atoms with van der Waals surface area (Å²) in [4.78, 5) is 14.0. The lowest BCUT2D eigenvalue weighted by Crippen LogP contribution is -2.03. The van der Waals surface area contributed by atoms with Gasteiger partial charge in [0.25, 0.3) is 0 Å². The number of hydrogen-bond acceptors (Lipinski definition) is 4. The van der Waals surface area contributed by atoms with Gasteiger partial charge in [-0.15, -0.1) is 0 Å². The molecule has 1 aromatic heterocycles. The number of aromatic nitrogens is 1. The Balaban J connectivity index is 2.48. The van der Waals surface area contributed by atoms with Crippen LogP contribution in [0, 0.1) is 21.7 Å². The van der Waals surface area contributed by atoms with Gasteiger partial charge in [-0.3, -0.25) is 10.1 Å². The van der Waals surface area contributed by atoms with Gasteiger partial charge in [0.2, 0.25) is 5.82 Å². The van der Waals surface area contributed by atoms with Crippen molar-refractivity contribution in [1.82, 2.24) is 4.98 Å². The van der Waals surface area contributed by atoms with Gasteiger partial charge in [-0.2, -0.15) is 0 Å². The van der Waals surface area contributed by atoms with Crippen LogP contribution in [0.3, 0.4) is 0 Å². The van der Waals surface area contributed by atoms with Crippen molar-refractivity contribution in [1.29, 1.82) is 0 Å². The number of halogens is 4. The van der Waals surface area contributed by atoms with E-state index in [0.717, 1.165) is 12.1 Å². The second-order valence-electron chi connectivity index (χ2n) is 3.65. The number of nitrogens with one attached hydrogen (secondary N) is 1. The highest BCUT2D eigenvalue weighted by Crippen LogP contribution is 2.31. The van der Waals surface area contributed by atoms with Gasteiger partial charge in [0.1, 0.15) is 5.69 Å². The molecule has 104 valence electrons. The van der Waals surface area contributed by atoms with Crippen LogP contribution < -0.4 is 5.32 Å². The second kappa shape index (κ2) is 5.80. The van der Waals surface area contributed by atoms with Gasteiger partial charge in [-0.05, 0) is 28.1 Å². The van der Waals surface area contributed by atoms with E-state index in [2.05, 4.69) is 42.2 Å². The van der Waals surface area contributed by atoms with Crippen molar-refractivity contribution in [2.24, 2.45) is 0 Å². The Morgan fingerprint density at radius 3 is 2.30 bits per heavy atom. The van der Waals surface area contributed by atoms with Crippen molar-refractivity contribution in [3.05, 3.63) is 55.1 Å². The first kappa shape index (κ1) is 14.8. The van der Waals surface area contributed by atoms with E-state index >= 15 is 0 Å². The van der Waals surface area contributed by atoms with Crippen molar-refractivity contribution in [2.75, 3.05) is 5.32 Å². The molecule has 9 heteroatoms. The molecular formula is C11H5Br2F2N3O2. The maximum Gasteiger partial charge on any atom is 0.312 e. The molecule has 20 heavy (non-hydrogen) atoms. The molecule has 0 fully saturated rings. The van der Waals surface area contributed by atoms with Gasteiger partial charge >= 0.3 is 5.69 Å². The predicted octanol–water partition coefficient (Wildman–Crippen LogP) is 4.54. The van der Waals surface area contributed by atoms with Gasteiger partial charge in [0.05, 0.1) is 4.92 Å². The minimum atomic E-state index is -0.893. The summed E-state index contributed by atoms with van der Waals surface area (Å²) >= 11 is 5.98. The highest BCUT2D eigenvalue weighted by molar-refractivity contribution is 9.10. The van der Waals surface area contributed by atoms with Crippen LogP contribution in [-0.4, -0.2) is 9.91 Å². The van der Waals surface area contributed by atoms with E-state index in [-0.39, 0.29) is 10.3 Å². The topological polar surface area (TPSA) is 68.1 Å². The number of nitro groups is 1. The van der Waals surface area contributed by atoms with Crippen molar-refractivity contribution in [3.8, 4) is 0 Å². The van der Waals surface area contributed by atoms with E-state index in [9.17, 15) is 18.9 Å². The van der Waals surface area contributed by atoms with Crippen LogP contribution in [0.5, 0.6) is 0 Å². The lowest BCUT2D eigenvalue weighted by molar-refractivity contribution is -0.384. The molecular weight excluding hydrogens is 404 g/mol. The maximum atomic E-state index is 13.7. The second-order valence-corrected chi connectivity index (χ2v) is 5.48. The van der Waals surface area contributed by atoms with E-state index < -0.39 is 27.9 Å². The summed E-state index contributed by atoms with van der Waals surface area (Å²) in [5.41, 5.74) is -0.910. The monoisotopic (exact) mass is 407 g/mol. The quantitative estimate of drug-likeness (QED) is 0.598. The third kappa shape index (κ3) is 3.10. The normalized spacial score (nSPS) is 10.4. The third-order valence-corrected chi connectivity index (χ3v) is 3.17. The summed E-state index contributed by atoms with van der Waals surface area (Å²) < 4.78 is 27.9. The molecule has 1 N–H and O–H groups in total. The smallest absolute Gasteiger partial charge is 0.312 e.